The van der Waals surface area contributed by atoms with Gasteiger partial charge in [0.15, 0.2) is 0 Å². The van der Waals surface area contributed by atoms with Gasteiger partial charge in [-0.1, -0.05) is 12.1 Å². The number of rotatable bonds is 4. The molecular weight excluding hydrogens is 302 g/mol. The number of carbonyl (C=O) groups is 2. The third kappa shape index (κ3) is 2.62. The summed E-state index contributed by atoms with van der Waals surface area (Å²) in [6, 6.07) is 6.85. The predicted octanol–water partition coefficient (Wildman–Crippen LogP) is 3.56. The average molecular weight is 327 g/mol. The van der Waals surface area contributed by atoms with E-state index in [1.54, 1.807) is 12.1 Å². The van der Waals surface area contributed by atoms with Crippen LogP contribution in [-0.4, -0.2) is 28.9 Å². The summed E-state index contributed by atoms with van der Waals surface area (Å²) in [4.78, 5) is 26.0. The van der Waals surface area contributed by atoms with Crippen LogP contribution in [0.3, 0.4) is 0 Å². The third-order valence-electron chi connectivity index (χ3n) is 6.46. The molecule has 4 aliphatic rings. The minimum Gasteiger partial charge on any atom is -0.478 e. The number of carboxylic acid groups (broad SMARTS) is 1. The maximum atomic E-state index is 13.2. The number of amides is 1. The molecule has 0 atom stereocenters. The van der Waals surface area contributed by atoms with Gasteiger partial charge in [-0.2, -0.15) is 0 Å². The van der Waals surface area contributed by atoms with Crippen LogP contribution in [0.4, 0.5) is 0 Å². The zero-order valence-electron chi connectivity index (χ0n) is 14.2. The molecule has 4 saturated carbocycles. The third-order valence-corrected chi connectivity index (χ3v) is 6.46. The van der Waals surface area contributed by atoms with Crippen molar-refractivity contribution in [2.24, 2.45) is 23.2 Å². The highest BCUT2D eigenvalue weighted by Crippen LogP contribution is 2.60. The van der Waals surface area contributed by atoms with Crippen LogP contribution in [0.5, 0.6) is 0 Å². The first kappa shape index (κ1) is 15.7. The highest BCUT2D eigenvalue weighted by Gasteiger charge is 2.55. The molecule has 0 spiro atoms. The summed E-state index contributed by atoms with van der Waals surface area (Å²) in [6.07, 6.45) is 7.27. The minimum absolute atomic E-state index is 0.107. The molecule has 1 amide bonds. The van der Waals surface area contributed by atoms with E-state index in [0.717, 1.165) is 42.6 Å². The SMILES string of the molecule is CN(Cc1ccc(C(=O)O)cc1)C(=O)C12CC3CC(CC(C3)C1)C2. The van der Waals surface area contributed by atoms with Gasteiger partial charge in [0.1, 0.15) is 0 Å². The van der Waals surface area contributed by atoms with E-state index in [4.69, 9.17) is 5.11 Å². The Morgan fingerprint density at radius 3 is 2.00 bits per heavy atom. The number of aromatic carboxylic acids is 1. The van der Waals surface area contributed by atoms with Gasteiger partial charge in [-0.3, -0.25) is 4.79 Å². The monoisotopic (exact) mass is 327 g/mol. The lowest BCUT2D eigenvalue weighted by molar-refractivity contribution is -0.156. The van der Waals surface area contributed by atoms with Crippen molar-refractivity contribution in [1.29, 1.82) is 0 Å². The quantitative estimate of drug-likeness (QED) is 0.920. The number of benzene rings is 1. The highest BCUT2D eigenvalue weighted by molar-refractivity contribution is 5.87. The molecule has 0 radical (unpaired) electrons. The van der Waals surface area contributed by atoms with Gasteiger partial charge in [-0.25, -0.2) is 4.79 Å². The topological polar surface area (TPSA) is 57.6 Å². The van der Waals surface area contributed by atoms with Gasteiger partial charge in [0, 0.05) is 13.6 Å². The van der Waals surface area contributed by atoms with Crippen LogP contribution >= 0.6 is 0 Å². The number of hydrogen-bond acceptors (Lipinski definition) is 2. The van der Waals surface area contributed by atoms with E-state index < -0.39 is 5.97 Å². The summed E-state index contributed by atoms with van der Waals surface area (Å²) in [6.45, 7) is 0.556. The average Bonchev–Trinajstić information content (AvgIpc) is 2.53. The maximum Gasteiger partial charge on any atom is 0.335 e. The van der Waals surface area contributed by atoms with E-state index in [2.05, 4.69) is 0 Å². The molecule has 4 aliphatic carbocycles. The van der Waals surface area contributed by atoms with E-state index in [9.17, 15) is 9.59 Å². The van der Waals surface area contributed by atoms with Crippen molar-refractivity contribution in [2.45, 2.75) is 45.1 Å². The zero-order chi connectivity index (χ0) is 16.9. The fourth-order valence-corrected chi connectivity index (χ4v) is 5.88. The highest BCUT2D eigenvalue weighted by atomic mass is 16.4. The largest absolute Gasteiger partial charge is 0.478 e. The summed E-state index contributed by atoms with van der Waals surface area (Å²) in [5.41, 5.74) is 1.17. The van der Waals surface area contributed by atoms with E-state index in [-0.39, 0.29) is 11.0 Å². The first-order chi connectivity index (χ1) is 11.4. The number of carboxylic acids is 1. The minimum atomic E-state index is -0.917. The van der Waals surface area contributed by atoms with E-state index in [1.165, 1.54) is 19.3 Å². The van der Waals surface area contributed by atoms with Crippen LogP contribution in [0.25, 0.3) is 0 Å². The van der Waals surface area contributed by atoms with Crippen LogP contribution < -0.4 is 0 Å². The fourth-order valence-electron chi connectivity index (χ4n) is 5.88. The van der Waals surface area contributed by atoms with Gasteiger partial charge in [-0.05, 0) is 74.0 Å². The van der Waals surface area contributed by atoms with Crippen LogP contribution in [0.2, 0.25) is 0 Å². The smallest absolute Gasteiger partial charge is 0.335 e. The molecule has 24 heavy (non-hydrogen) atoms. The molecule has 4 nitrogen and oxygen atoms in total. The van der Waals surface area contributed by atoms with Crippen LogP contribution in [0.1, 0.15) is 54.4 Å². The van der Waals surface area contributed by atoms with Crippen molar-refractivity contribution in [3.8, 4) is 0 Å². The number of carbonyl (C=O) groups excluding carboxylic acids is 1. The number of nitrogens with zero attached hydrogens (tertiary/aromatic N) is 1. The van der Waals surface area contributed by atoms with E-state index >= 15 is 0 Å². The Bertz CT molecular complexity index is 629. The molecule has 4 heteroatoms. The van der Waals surface area contributed by atoms with Gasteiger partial charge < -0.3 is 10.0 Å². The molecule has 1 aromatic carbocycles. The van der Waals surface area contributed by atoms with E-state index in [1.807, 2.05) is 24.1 Å². The first-order valence-corrected chi connectivity index (χ1v) is 9.03. The Kier molecular flexibility index (Phi) is 3.66. The molecule has 4 fully saturated rings. The van der Waals surface area contributed by atoms with Crippen molar-refractivity contribution in [1.82, 2.24) is 4.90 Å². The molecule has 1 aromatic rings. The Balaban J connectivity index is 1.47. The molecular formula is C20H25NO3. The van der Waals surface area contributed by atoms with Crippen molar-refractivity contribution >= 4 is 11.9 Å². The maximum absolute atomic E-state index is 13.2. The molecule has 0 unspecified atom stereocenters. The lowest BCUT2D eigenvalue weighted by Crippen LogP contribution is -2.53. The second-order valence-corrected chi connectivity index (χ2v) is 8.36. The first-order valence-electron chi connectivity index (χ1n) is 9.03. The summed E-state index contributed by atoms with van der Waals surface area (Å²) >= 11 is 0. The molecule has 0 heterocycles. The summed E-state index contributed by atoms with van der Waals surface area (Å²) in [5, 5.41) is 8.98. The molecule has 0 saturated heterocycles. The van der Waals surface area contributed by atoms with Crippen molar-refractivity contribution in [3.05, 3.63) is 35.4 Å². The second-order valence-electron chi connectivity index (χ2n) is 8.36. The number of hydrogen-bond donors (Lipinski definition) is 1. The molecule has 0 aliphatic heterocycles. The molecule has 128 valence electrons. The molecule has 5 rings (SSSR count). The van der Waals surface area contributed by atoms with Gasteiger partial charge in [0.05, 0.1) is 11.0 Å². The lowest BCUT2D eigenvalue weighted by atomic mass is 9.49. The standard InChI is InChI=1S/C20H25NO3/c1-21(12-13-2-4-17(5-3-13)18(22)23)19(24)20-9-14-6-15(10-20)8-16(7-14)11-20/h2-5,14-16H,6-12H2,1H3,(H,22,23). The van der Waals surface area contributed by atoms with Gasteiger partial charge in [0.25, 0.3) is 0 Å². The van der Waals surface area contributed by atoms with Crippen molar-refractivity contribution in [2.75, 3.05) is 7.05 Å². The Morgan fingerprint density at radius 1 is 1.04 bits per heavy atom. The summed E-state index contributed by atoms with van der Waals surface area (Å²) < 4.78 is 0. The van der Waals surface area contributed by atoms with Gasteiger partial charge in [0.2, 0.25) is 5.91 Å². The molecule has 4 bridgehead atoms. The van der Waals surface area contributed by atoms with Crippen molar-refractivity contribution in [3.63, 3.8) is 0 Å². The van der Waals surface area contributed by atoms with Crippen molar-refractivity contribution < 1.29 is 14.7 Å². The van der Waals surface area contributed by atoms with Crippen LogP contribution in [-0.2, 0) is 11.3 Å². The Morgan fingerprint density at radius 2 is 1.54 bits per heavy atom. The molecule has 0 aromatic heterocycles. The van der Waals surface area contributed by atoms with Gasteiger partial charge >= 0.3 is 5.97 Å². The normalized spacial score (nSPS) is 33.5. The van der Waals surface area contributed by atoms with Gasteiger partial charge in [-0.15, -0.1) is 0 Å². The lowest BCUT2D eigenvalue weighted by Gasteiger charge is -2.56. The summed E-state index contributed by atoms with van der Waals surface area (Å²) in [7, 11) is 1.89. The van der Waals surface area contributed by atoms with Crippen LogP contribution in [0.15, 0.2) is 24.3 Å². The zero-order valence-corrected chi connectivity index (χ0v) is 14.2. The van der Waals surface area contributed by atoms with Crippen LogP contribution in [0, 0.1) is 23.2 Å². The summed E-state index contributed by atoms with van der Waals surface area (Å²) in [5.74, 6) is 1.69. The predicted molar refractivity (Wildman–Crippen MR) is 90.5 cm³/mol. The second kappa shape index (κ2) is 5.61. The Labute approximate surface area is 142 Å². The fraction of sp³-hybridized carbons (Fsp3) is 0.600. The van der Waals surface area contributed by atoms with E-state index in [0.29, 0.717) is 12.5 Å². The Hall–Kier alpha value is -1.84. The molecule has 1 N–H and O–H groups in total.